The molecule has 0 bridgehead atoms. The van der Waals surface area contributed by atoms with Crippen LogP contribution in [0.15, 0.2) is 0 Å². The maximum absolute atomic E-state index is 9.59. The zero-order valence-corrected chi connectivity index (χ0v) is 8.55. The summed E-state index contributed by atoms with van der Waals surface area (Å²) in [6.07, 6.45) is 2.59. The maximum Gasteiger partial charge on any atom is 0.0709 e. The molecule has 3 N–H and O–H groups in total. The highest BCUT2D eigenvalue weighted by molar-refractivity contribution is 5.85. The SMILES string of the molecule is CN(C)[C@H]1CC[C@H](N)C[C@@H]1O.Cl. The molecule has 4 heteroatoms. The lowest BCUT2D eigenvalue weighted by Gasteiger charge is -2.35. The number of rotatable bonds is 1. The molecule has 0 heterocycles. The predicted octanol–water partition coefficient (Wildman–Crippen LogP) is 0.210. The molecule has 0 saturated heterocycles. The standard InChI is InChI=1S/C8H18N2O.ClH/c1-10(2)7-4-3-6(9)5-8(7)11;/h6-8,11H,3-5,9H2,1-2H3;1H/t6-,7-,8-;/m0./s1. The Labute approximate surface area is 80.3 Å². The number of aliphatic hydroxyl groups is 1. The Morgan fingerprint density at radius 3 is 2.33 bits per heavy atom. The van der Waals surface area contributed by atoms with Crippen LogP contribution in [0.3, 0.4) is 0 Å². The van der Waals surface area contributed by atoms with Gasteiger partial charge in [0.2, 0.25) is 0 Å². The Morgan fingerprint density at radius 2 is 1.92 bits per heavy atom. The number of nitrogens with two attached hydrogens (primary N) is 1. The van der Waals surface area contributed by atoms with Crippen molar-refractivity contribution in [1.29, 1.82) is 0 Å². The van der Waals surface area contributed by atoms with Gasteiger partial charge < -0.3 is 15.7 Å². The Morgan fingerprint density at radius 1 is 1.33 bits per heavy atom. The number of nitrogens with zero attached hydrogens (tertiary/aromatic N) is 1. The zero-order chi connectivity index (χ0) is 8.43. The lowest BCUT2D eigenvalue weighted by atomic mass is 9.89. The summed E-state index contributed by atoms with van der Waals surface area (Å²) in [5, 5.41) is 9.59. The van der Waals surface area contributed by atoms with Crippen molar-refractivity contribution in [2.45, 2.75) is 37.5 Å². The summed E-state index contributed by atoms with van der Waals surface area (Å²) in [4.78, 5) is 2.08. The molecule has 12 heavy (non-hydrogen) atoms. The van der Waals surface area contributed by atoms with E-state index in [1.807, 2.05) is 14.1 Å². The molecule has 0 aromatic carbocycles. The minimum absolute atomic E-state index is 0. The van der Waals surface area contributed by atoms with Gasteiger partial charge in [-0.3, -0.25) is 0 Å². The van der Waals surface area contributed by atoms with E-state index in [0.717, 1.165) is 19.3 Å². The molecule has 0 spiro atoms. The zero-order valence-electron chi connectivity index (χ0n) is 7.73. The fourth-order valence-electron chi connectivity index (χ4n) is 1.76. The Bertz CT molecular complexity index is 132. The van der Waals surface area contributed by atoms with Crippen molar-refractivity contribution in [2.24, 2.45) is 5.73 Å². The molecule has 74 valence electrons. The van der Waals surface area contributed by atoms with E-state index in [1.165, 1.54) is 0 Å². The van der Waals surface area contributed by atoms with E-state index in [0.29, 0.717) is 6.04 Å². The molecular weight excluding hydrogens is 176 g/mol. The van der Waals surface area contributed by atoms with Crippen molar-refractivity contribution >= 4 is 12.4 Å². The Hall–Kier alpha value is 0.170. The van der Waals surface area contributed by atoms with Crippen molar-refractivity contribution in [3.05, 3.63) is 0 Å². The highest BCUT2D eigenvalue weighted by Gasteiger charge is 2.28. The van der Waals surface area contributed by atoms with Gasteiger partial charge in [0, 0.05) is 12.1 Å². The predicted molar refractivity (Wildman–Crippen MR) is 52.6 cm³/mol. The number of hydrogen-bond donors (Lipinski definition) is 2. The molecule has 0 unspecified atom stereocenters. The van der Waals surface area contributed by atoms with Crippen LogP contribution < -0.4 is 5.73 Å². The summed E-state index contributed by atoms with van der Waals surface area (Å²) in [6, 6.07) is 0.524. The molecule has 3 nitrogen and oxygen atoms in total. The molecule has 1 aliphatic rings. The summed E-state index contributed by atoms with van der Waals surface area (Å²) < 4.78 is 0. The number of likely N-dealkylation sites (N-methyl/N-ethyl adjacent to an activating group) is 1. The highest BCUT2D eigenvalue weighted by atomic mass is 35.5. The van der Waals surface area contributed by atoms with Crippen LogP contribution in [0.5, 0.6) is 0 Å². The molecule has 3 atom stereocenters. The van der Waals surface area contributed by atoms with Crippen LogP contribution in [-0.4, -0.2) is 42.3 Å². The van der Waals surface area contributed by atoms with Gasteiger partial charge in [-0.25, -0.2) is 0 Å². The van der Waals surface area contributed by atoms with Gasteiger partial charge in [-0.1, -0.05) is 0 Å². The average molecular weight is 195 g/mol. The van der Waals surface area contributed by atoms with Gasteiger partial charge in [-0.05, 0) is 33.4 Å². The molecule has 1 saturated carbocycles. The van der Waals surface area contributed by atoms with E-state index in [1.54, 1.807) is 0 Å². The number of hydrogen-bond acceptors (Lipinski definition) is 3. The topological polar surface area (TPSA) is 49.5 Å². The largest absolute Gasteiger partial charge is 0.391 e. The molecule has 0 aromatic rings. The molecular formula is C8H19ClN2O. The van der Waals surface area contributed by atoms with Gasteiger partial charge in [0.25, 0.3) is 0 Å². The van der Waals surface area contributed by atoms with E-state index in [-0.39, 0.29) is 24.6 Å². The summed E-state index contributed by atoms with van der Waals surface area (Å²) in [6.45, 7) is 0. The second-order valence-electron chi connectivity index (χ2n) is 3.67. The fourth-order valence-corrected chi connectivity index (χ4v) is 1.76. The van der Waals surface area contributed by atoms with Crippen molar-refractivity contribution in [3.63, 3.8) is 0 Å². The van der Waals surface area contributed by atoms with Crippen molar-refractivity contribution < 1.29 is 5.11 Å². The third kappa shape index (κ3) is 2.90. The molecule has 0 amide bonds. The highest BCUT2D eigenvalue weighted by Crippen LogP contribution is 2.20. The number of aliphatic hydroxyl groups excluding tert-OH is 1. The lowest BCUT2D eigenvalue weighted by molar-refractivity contribution is 0.0368. The van der Waals surface area contributed by atoms with Crippen LogP contribution in [0.25, 0.3) is 0 Å². The maximum atomic E-state index is 9.59. The van der Waals surface area contributed by atoms with Gasteiger partial charge in [-0.15, -0.1) is 12.4 Å². The number of halogens is 1. The van der Waals surface area contributed by atoms with E-state index >= 15 is 0 Å². The van der Waals surface area contributed by atoms with E-state index < -0.39 is 0 Å². The minimum atomic E-state index is -0.228. The van der Waals surface area contributed by atoms with Crippen LogP contribution in [0.4, 0.5) is 0 Å². The molecule has 1 fully saturated rings. The van der Waals surface area contributed by atoms with E-state index in [2.05, 4.69) is 4.90 Å². The van der Waals surface area contributed by atoms with Crippen LogP contribution in [0.1, 0.15) is 19.3 Å². The first-order valence-electron chi connectivity index (χ1n) is 4.21. The van der Waals surface area contributed by atoms with Crippen LogP contribution in [-0.2, 0) is 0 Å². The second kappa shape index (κ2) is 5.02. The average Bonchev–Trinajstić information content (AvgIpc) is 1.85. The van der Waals surface area contributed by atoms with Crippen molar-refractivity contribution in [2.75, 3.05) is 14.1 Å². The molecule has 0 aromatic heterocycles. The van der Waals surface area contributed by atoms with Crippen LogP contribution in [0.2, 0.25) is 0 Å². The second-order valence-corrected chi connectivity index (χ2v) is 3.67. The summed E-state index contributed by atoms with van der Waals surface area (Å²) in [7, 11) is 4.01. The molecule has 0 radical (unpaired) electrons. The monoisotopic (exact) mass is 194 g/mol. The van der Waals surface area contributed by atoms with Crippen molar-refractivity contribution in [3.8, 4) is 0 Å². The minimum Gasteiger partial charge on any atom is -0.391 e. The smallest absolute Gasteiger partial charge is 0.0709 e. The first-order chi connectivity index (χ1) is 5.11. The summed E-state index contributed by atoms with van der Waals surface area (Å²) in [5.41, 5.74) is 5.71. The van der Waals surface area contributed by atoms with Crippen molar-refractivity contribution in [1.82, 2.24) is 4.90 Å². The first-order valence-corrected chi connectivity index (χ1v) is 4.21. The van der Waals surface area contributed by atoms with E-state index in [9.17, 15) is 5.11 Å². The lowest BCUT2D eigenvalue weighted by Crippen LogP contribution is -2.46. The summed E-state index contributed by atoms with van der Waals surface area (Å²) in [5.74, 6) is 0. The fraction of sp³-hybridized carbons (Fsp3) is 1.00. The van der Waals surface area contributed by atoms with E-state index in [4.69, 9.17) is 5.73 Å². The third-order valence-electron chi connectivity index (χ3n) is 2.48. The van der Waals surface area contributed by atoms with Crippen LogP contribution >= 0.6 is 12.4 Å². The normalized spacial score (nSPS) is 36.2. The van der Waals surface area contributed by atoms with Gasteiger partial charge in [-0.2, -0.15) is 0 Å². The molecule has 1 rings (SSSR count). The van der Waals surface area contributed by atoms with Crippen LogP contribution in [0, 0.1) is 0 Å². The van der Waals surface area contributed by atoms with Gasteiger partial charge >= 0.3 is 0 Å². The summed E-state index contributed by atoms with van der Waals surface area (Å²) >= 11 is 0. The Kier molecular flexibility index (Phi) is 5.09. The Balaban J connectivity index is 0.00000121. The van der Waals surface area contributed by atoms with Gasteiger partial charge in [0.1, 0.15) is 0 Å². The quantitative estimate of drug-likeness (QED) is 0.628. The van der Waals surface area contributed by atoms with Gasteiger partial charge in [0.05, 0.1) is 6.10 Å². The molecule has 0 aliphatic heterocycles. The third-order valence-corrected chi connectivity index (χ3v) is 2.48. The first kappa shape index (κ1) is 12.2. The van der Waals surface area contributed by atoms with Gasteiger partial charge in [0.15, 0.2) is 0 Å². The molecule has 1 aliphatic carbocycles.